The molecule has 0 unspecified atom stereocenters. The summed E-state index contributed by atoms with van der Waals surface area (Å²) in [6.45, 7) is 5.07. The third kappa shape index (κ3) is 2.57. The maximum Gasteiger partial charge on any atom is 0.126 e. The molecular formula is C15H18N6S. The van der Waals surface area contributed by atoms with Crippen molar-refractivity contribution in [2.24, 2.45) is 7.05 Å². The van der Waals surface area contributed by atoms with Gasteiger partial charge >= 0.3 is 0 Å². The second-order valence-corrected chi connectivity index (χ2v) is 6.75. The molecule has 0 atom stereocenters. The smallest absolute Gasteiger partial charge is 0.126 e. The lowest BCUT2D eigenvalue weighted by atomic mass is 10.1. The highest BCUT2D eigenvalue weighted by molar-refractivity contribution is 7.13. The van der Waals surface area contributed by atoms with Crippen molar-refractivity contribution in [3.63, 3.8) is 0 Å². The summed E-state index contributed by atoms with van der Waals surface area (Å²) in [7, 11) is 1.93. The van der Waals surface area contributed by atoms with Crippen LogP contribution < -0.4 is 0 Å². The Morgan fingerprint density at radius 2 is 2.09 bits per heavy atom. The Balaban J connectivity index is 1.36. The van der Waals surface area contributed by atoms with Gasteiger partial charge in [-0.1, -0.05) is 0 Å². The molecule has 0 N–H and O–H groups in total. The van der Waals surface area contributed by atoms with Gasteiger partial charge in [0, 0.05) is 50.0 Å². The van der Waals surface area contributed by atoms with Crippen LogP contribution >= 0.6 is 11.3 Å². The van der Waals surface area contributed by atoms with Crippen LogP contribution in [0.2, 0.25) is 0 Å². The highest BCUT2D eigenvalue weighted by atomic mass is 32.1. The SMILES string of the molecule is Cc1cnn(C2CN(Cc3csc(-c4cnn(C)c4)n3)C2)c1. The van der Waals surface area contributed by atoms with E-state index in [1.165, 1.54) is 5.56 Å². The average Bonchev–Trinajstić information content (AvgIpc) is 3.14. The molecule has 0 aromatic carbocycles. The van der Waals surface area contributed by atoms with Gasteiger partial charge in [-0.15, -0.1) is 11.3 Å². The Morgan fingerprint density at radius 1 is 1.23 bits per heavy atom. The van der Waals surface area contributed by atoms with E-state index >= 15 is 0 Å². The molecule has 0 aliphatic carbocycles. The Bertz CT molecular complexity index is 779. The van der Waals surface area contributed by atoms with Crippen LogP contribution in [0.3, 0.4) is 0 Å². The molecule has 0 amide bonds. The molecule has 3 aromatic rings. The van der Waals surface area contributed by atoms with Crippen molar-refractivity contribution in [3.05, 3.63) is 41.4 Å². The van der Waals surface area contributed by atoms with Gasteiger partial charge in [0.1, 0.15) is 5.01 Å². The Hall–Kier alpha value is -1.99. The van der Waals surface area contributed by atoms with Gasteiger partial charge in [-0.25, -0.2) is 4.98 Å². The molecule has 22 heavy (non-hydrogen) atoms. The molecule has 1 saturated heterocycles. The van der Waals surface area contributed by atoms with Crippen LogP contribution in [-0.2, 0) is 13.6 Å². The fourth-order valence-corrected chi connectivity index (χ4v) is 3.53. The van der Waals surface area contributed by atoms with Gasteiger partial charge in [0.05, 0.1) is 24.1 Å². The first-order valence-corrected chi connectivity index (χ1v) is 8.22. The van der Waals surface area contributed by atoms with Crippen LogP contribution in [-0.4, -0.2) is 42.5 Å². The number of aryl methyl sites for hydroxylation is 2. The number of rotatable bonds is 4. The Labute approximate surface area is 133 Å². The summed E-state index contributed by atoms with van der Waals surface area (Å²) in [5.41, 5.74) is 3.45. The van der Waals surface area contributed by atoms with E-state index in [1.807, 2.05) is 30.3 Å². The molecule has 4 heterocycles. The number of likely N-dealkylation sites (tertiary alicyclic amines) is 1. The number of hydrogen-bond acceptors (Lipinski definition) is 5. The third-order valence-electron chi connectivity index (χ3n) is 3.93. The van der Waals surface area contributed by atoms with E-state index in [2.05, 4.69) is 38.3 Å². The minimum absolute atomic E-state index is 0.505. The zero-order chi connectivity index (χ0) is 15.1. The third-order valence-corrected chi connectivity index (χ3v) is 4.87. The zero-order valence-electron chi connectivity index (χ0n) is 12.7. The van der Waals surface area contributed by atoms with Crippen LogP contribution in [0.15, 0.2) is 30.2 Å². The summed E-state index contributed by atoms with van der Waals surface area (Å²) >= 11 is 1.68. The van der Waals surface area contributed by atoms with E-state index < -0.39 is 0 Å². The molecule has 114 valence electrons. The van der Waals surface area contributed by atoms with Crippen molar-refractivity contribution < 1.29 is 0 Å². The van der Waals surface area contributed by atoms with Gasteiger partial charge in [0.25, 0.3) is 0 Å². The fraction of sp³-hybridized carbons (Fsp3) is 0.400. The maximum absolute atomic E-state index is 4.72. The number of aromatic nitrogens is 5. The van der Waals surface area contributed by atoms with Crippen LogP contribution in [0, 0.1) is 6.92 Å². The largest absolute Gasteiger partial charge is 0.293 e. The van der Waals surface area contributed by atoms with E-state index in [-0.39, 0.29) is 0 Å². The lowest BCUT2D eigenvalue weighted by Crippen LogP contribution is -2.47. The second kappa shape index (κ2) is 5.33. The Kier molecular flexibility index (Phi) is 3.31. The van der Waals surface area contributed by atoms with Gasteiger partial charge in [0.2, 0.25) is 0 Å². The molecular weight excluding hydrogens is 296 g/mol. The molecule has 6 nitrogen and oxygen atoms in total. The minimum Gasteiger partial charge on any atom is -0.293 e. The maximum atomic E-state index is 4.72. The number of nitrogens with zero attached hydrogens (tertiary/aromatic N) is 6. The number of hydrogen-bond donors (Lipinski definition) is 0. The highest BCUT2D eigenvalue weighted by Gasteiger charge is 2.29. The number of thiazole rings is 1. The predicted octanol–water partition coefficient (Wildman–Crippen LogP) is 2.11. The minimum atomic E-state index is 0.505. The van der Waals surface area contributed by atoms with Crippen molar-refractivity contribution >= 4 is 11.3 Å². The average molecular weight is 314 g/mol. The molecule has 1 aliphatic rings. The first kappa shape index (κ1) is 13.7. The molecule has 1 fully saturated rings. The monoisotopic (exact) mass is 314 g/mol. The van der Waals surface area contributed by atoms with Crippen molar-refractivity contribution in [3.8, 4) is 10.6 Å². The lowest BCUT2D eigenvalue weighted by Gasteiger charge is -2.38. The summed E-state index contributed by atoms with van der Waals surface area (Å²) in [6.07, 6.45) is 7.90. The predicted molar refractivity (Wildman–Crippen MR) is 85.6 cm³/mol. The van der Waals surface area contributed by atoms with Crippen LogP contribution in [0.4, 0.5) is 0 Å². The van der Waals surface area contributed by atoms with Crippen LogP contribution in [0.1, 0.15) is 17.3 Å². The molecule has 0 saturated carbocycles. The second-order valence-electron chi connectivity index (χ2n) is 5.89. The molecule has 1 aliphatic heterocycles. The first-order chi connectivity index (χ1) is 10.7. The van der Waals surface area contributed by atoms with Crippen LogP contribution in [0.25, 0.3) is 10.6 Å². The molecule has 0 bridgehead atoms. The molecule has 0 spiro atoms. The summed E-state index contributed by atoms with van der Waals surface area (Å²) in [6, 6.07) is 0.505. The normalized spacial score (nSPS) is 16.1. The van der Waals surface area contributed by atoms with E-state index in [0.29, 0.717) is 6.04 Å². The summed E-state index contributed by atoms with van der Waals surface area (Å²) in [4.78, 5) is 7.13. The lowest BCUT2D eigenvalue weighted by molar-refractivity contribution is 0.0897. The Morgan fingerprint density at radius 3 is 2.77 bits per heavy atom. The van der Waals surface area contributed by atoms with Crippen LogP contribution in [0.5, 0.6) is 0 Å². The van der Waals surface area contributed by atoms with E-state index in [1.54, 1.807) is 11.3 Å². The van der Waals surface area contributed by atoms with Gasteiger partial charge in [-0.05, 0) is 12.5 Å². The van der Waals surface area contributed by atoms with Crippen molar-refractivity contribution in [2.45, 2.75) is 19.5 Å². The molecule has 4 rings (SSSR count). The first-order valence-electron chi connectivity index (χ1n) is 7.34. The van der Waals surface area contributed by atoms with Gasteiger partial charge < -0.3 is 0 Å². The molecule has 3 aromatic heterocycles. The van der Waals surface area contributed by atoms with E-state index in [0.717, 1.165) is 35.9 Å². The summed E-state index contributed by atoms with van der Waals surface area (Å²) in [5.74, 6) is 0. The van der Waals surface area contributed by atoms with Crippen molar-refractivity contribution in [1.82, 2.24) is 29.4 Å². The van der Waals surface area contributed by atoms with Crippen molar-refractivity contribution in [2.75, 3.05) is 13.1 Å². The van der Waals surface area contributed by atoms with Gasteiger partial charge in [0.15, 0.2) is 0 Å². The highest BCUT2D eigenvalue weighted by Crippen LogP contribution is 2.26. The summed E-state index contributed by atoms with van der Waals surface area (Å²) < 4.78 is 3.89. The standard InChI is InChI=1S/C15H18N6S/c1-11-3-17-21(5-11)14-8-20(9-14)7-13-10-22-15(18-13)12-4-16-19(2)6-12/h3-6,10,14H,7-9H2,1-2H3. The fourth-order valence-electron chi connectivity index (χ4n) is 2.74. The van der Waals surface area contributed by atoms with Crippen molar-refractivity contribution in [1.29, 1.82) is 0 Å². The molecule has 7 heteroatoms. The quantitative estimate of drug-likeness (QED) is 0.740. The topological polar surface area (TPSA) is 51.8 Å². The van der Waals surface area contributed by atoms with E-state index in [9.17, 15) is 0 Å². The van der Waals surface area contributed by atoms with Gasteiger partial charge in [-0.2, -0.15) is 10.2 Å². The zero-order valence-corrected chi connectivity index (χ0v) is 13.5. The molecule has 0 radical (unpaired) electrons. The summed E-state index contributed by atoms with van der Waals surface area (Å²) in [5, 5.41) is 11.8. The van der Waals surface area contributed by atoms with Gasteiger partial charge in [-0.3, -0.25) is 14.3 Å². The van der Waals surface area contributed by atoms with E-state index in [4.69, 9.17) is 4.98 Å².